The summed E-state index contributed by atoms with van der Waals surface area (Å²) in [4.78, 5) is 0. The van der Waals surface area contributed by atoms with E-state index in [1.165, 1.54) is 0 Å². The van der Waals surface area contributed by atoms with Crippen molar-refractivity contribution in [3.05, 3.63) is 48.0 Å². The van der Waals surface area contributed by atoms with Crippen LogP contribution in [0.2, 0.25) is 0 Å². The van der Waals surface area contributed by atoms with Crippen LogP contribution in [0.4, 0.5) is 13.2 Å². The van der Waals surface area contributed by atoms with E-state index in [0.29, 0.717) is 5.56 Å². The van der Waals surface area contributed by atoms with Gasteiger partial charge >= 0.3 is 6.18 Å². The van der Waals surface area contributed by atoms with Crippen LogP contribution in [0.3, 0.4) is 0 Å². The molecule has 0 heterocycles. The molecule has 0 fully saturated rings. The Labute approximate surface area is 108 Å². The lowest BCUT2D eigenvalue weighted by Gasteiger charge is -2.25. The first kappa shape index (κ1) is 13.8. The first-order valence-corrected chi connectivity index (χ1v) is 5.85. The smallest absolute Gasteiger partial charge is 0.368 e. The molecule has 0 amide bonds. The Hall–Kier alpha value is -1.59. The minimum Gasteiger partial charge on any atom is -0.368 e. The third-order valence-electron chi connectivity index (χ3n) is 3.10. The quantitative estimate of drug-likeness (QED) is 0.841. The number of nitrogens with two attached hydrogens (primary N) is 1. The van der Waals surface area contributed by atoms with Gasteiger partial charge in [-0.15, -0.1) is 0 Å². The van der Waals surface area contributed by atoms with Gasteiger partial charge in [-0.3, -0.25) is 5.73 Å². The molecule has 0 radical (unpaired) electrons. The van der Waals surface area contributed by atoms with Crippen LogP contribution in [-0.4, -0.2) is 17.0 Å². The fraction of sp³-hybridized carbons (Fsp3) is 0.286. The Morgan fingerprint density at radius 3 is 2.26 bits per heavy atom. The molecule has 0 aliphatic carbocycles. The number of aliphatic hydroxyl groups is 1. The Balaban J connectivity index is 2.14. The largest absolute Gasteiger partial charge is 0.430 e. The van der Waals surface area contributed by atoms with Crippen LogP contribution >= 0.6 is 0 Å². The number of alkyl halides is 3. The highest BCUT2D eigenvalue weighted by molar-refractivity contribution is 5.82. The van der Waals surface area contributed by atoms with Crippen LogP contribution in [-0.2, 0) is 6.42 Å². The van der Waals surface area contributed by atoms with E-state index >= 15 is 0 Å². The zero-order chi connectivity index (χ0) is 14.1. The van der Waals surface area contributed by atoms with Crippen LogP contribution in [0.1, 0.15) is 12.0 Å². The van der Waals surface area contributed by atoms with Crippen molar-refractivity contribution in [3.8, 4) is 0 Å². The lowest BCUT2D eigenvalue weighted by Crippen LogP contribution is -2.53. The van der Waals surface area contributed by atoms with E-state index in [-0.39, 0.29) is 6.42 Å². The second-order valence-electron chi connectivity index (χ2n) is 4.60. The minimum atomic E-state index is -4.82. The fourth-order valence-electron chi connectivity index (χ4n) is 1.87. The normalized spacial score (nSPS) is 15.4. The molecule has 3 N–H and O–H groups in total. The molecule has 0 bridgehead atoms. The third-order valence-corrected chi connectivity index (χ3v) is 3.10. The summed E-state index contributed by atoms with van der Waals surface area (Å²) in [5, 5.41) is 11.1. The summed E-state index contributed by atoms with van der Waals surface area (Å²) >= 11 is 0. The molecule has 19 heavy (non-hydrogen) atoms. The molecule has 0 saturated carbocycles. The number of hydrogen-bond donors (Lipinski definition) is 2. The summed E-state index contributed by atoms with van der Waals surface area (Å²) < 4.78 is 37.2. The second kappa shape index (κ2) is 4.83. The molecular weight excluding hydrogens is 255 g/mol. The first-order chi connectivity index (χ1) is 8.79. The van der Waals surface area contributed by atoms with Crippen molar-refractivity contribution in [2.24, 2.45) is 5.73 Å². The zero-order valence-electron chi connectivity index (χ0n) is 10.1. The van der Waals surface area contributed by atoms with Gasteiger partial charge in [-0.1, -0.05) is 42.5 Å². The molecule has 2 aromatic rings. The van der Waals surface area contributed by atoms with Gasteiger partial charge in [0.2, 0.25) is 5.72 Å². The molecule has 0 aliphatic heterocycles. The number of aryl methyl sites for hydroxylation is 1. The van der Waals surface area contributed by atoms with E-state index in [2.05, 4.69) is 0 Å². The first-order valence-electron chi connectivity index (χ1n) is 5.85. The summed E-state index contributed by atoms with van der Waals surface area (Å²) in [6.45, 7) is 0. The molecule has 1 atom stereocenters. The Kier molecular flexibility index (Phi) is 3.52. The van der Waals surface area contributed by atoms with Crippen LogP contribution < -0.4 is 5.73 Å². The minimum absolute atomic E-state index is 0.0668. The number of hydrogen-bond acceptors (Lipinski definition) is 2. The second-order valence-corrected chi connectivity index (χ2v) is 4.60. The van der Waals surface area contributed by atoms with Gasteiger partial charge in [0.15, 0.2) is 0 Å². The Morgan fingerprint density at radius 2 is 1.63 bits per heavy atom. The van der Waals surface area contributed by atoms with Gasteiger partial charge in [0, 0.05) is 6.42 Å². The summed E-state index contributed by atoms with van der Waals surface area (Å²) in [5.41, 5.74) is 2.46. The molecule has 2 aromatic carbocycles. The summed E-state index contributed by atoms with van der Waals surface area (Å²) in [6.07, 6.45) is -5.31. The SMILES string of the molecule is NC(O)(CCc1ccc2ccccc2c1)C(F)(F)F. The highest BCUT2D eigenvalue weighted by Crippen LogP contribution is 2.30. The molecular formula is C14H14F3NO. The monoisotopic (exact) mass is 269 g/mol. The zero-order valence-corrected chi connectivity index (χ0v) is 10.1. The van der Waals surface area contributed by atoms with Gasteiger partial charge in [0.25, 0.3) is 0 Å². The average molecular weight is 269 g/mol. The molecule has 2 rings (SSSR count). The number of halogens is 3. The molecule has 2 nitrogen and oxygen atoms in total. The van der Waals surface area contributed by atoms with Gasteiger partial charge in [-0.25, -0.2) is 0 Å². The summed E-state index contributed by atoms with van der Waals surface area (Å²) in [7, 11) is 0. The molecule has 0 saturated heterocycles. The molecule has 0 aliphatic rings. The summed E-state index contributed by atoms with van der Waals surface area (Å²) in [5.74, 6) is 0. The van der Waals surface area contributed by atoms with E-state index in [9.17, 15) is 18.3 Å². The van der Waals surface area contributed by atoms with Crippen LogP contribution in [0.25, 0.3) is 10.8 Å². The standard InChI is InChI=1S/C14H14F3NO/c15-14(16,17)13(18,19)8-7-10-5-6-11-3-1-2-4-12(11)9-10/h1-6,9,19H,7-8,18H2. The van der Waals surface area contributed by atoms with E-state index in [1.807, 2.05) is 36.4 Å². The predicted molar refractivity (Wildman–Crippen MR) is 67.5 cm³/mol. The maximum absolute atomic E-state index is 12.4. The fourth-order valence-corrected chi connectivity index (χ4v) is 1.87. The van der Waals surface area contributed by atoms with Crippen molar-refractivity contribution in [1.29, 1.82) is 0 Å². The highest BCUT2D eigenvalue weighted by atomic mass is 19.4. The van der Waals surface area contributed by atoms with E-state index in [1.54, 1.807) is 6.07 Å². The van der Waals surface area contributed by atoms with Gasteiger partial charge in [-0.05, 0) is 22.8 Å². The number of fused-ring (bicyclic) bond motifs is 1. The predicted octanol–water partition coefficient (Wildman–Crippen LogP) is 2.98. The summed E-state index contributed by atoms with van der Waals surface area (Å²) in [6, 6.07) is 13.0. The lowest BCUT2D eigenvalue weighted by atomic mass is 10.00. The Morgan fingerprint density at radius 1 is 1.00 bits per heavy atom. The van der Waals surface area contributed by atoms with Gasteiger partial charge in [0.05, 0.1) is 0 Å². The highest BCUT2D eigenvalue weighted by Gasteiger charge is 2.50. The van der Waals surface area contributed by atoms with Crippen molar-refractivity contribution in [1.82, 2.24) is 0 Å². The van der Waals surface area contributed by atoms with Crippen molar-refractivity contribution >= 4 is 10.8 Å². The van der Waals surface area contributed by atoms with E-state index < -0.39 is 18.3 Å². The molecule has 102 valence electrons. The molecule has 1 unspecified atom stereocenters. The number of rotatable bonds is 3. The van der Waals surface area contributed by atoms with Crippen molar-refractivity contribution in [2.45, 2.75) is 24.7 Å². The average Bonchev–Trinajstić information content (AvgIpc) is 2.35. The van der Waals surface area contributed by atoms with Crippen molar-refractivity contribution < 1.29 is 18.3 Å². The number of benzene rings is 2. The van der Waals surface area contributed by atoms with Crippen molar-refractivity contribution in [3.63, 3.8) is 0 Å². The Bertz CT molecular complexity index is 578. The maximum atomic E-state index is 12.4. The van der Waals surface area contributed by atoms with E-state index in [0.717, 1.165) is 10.8 Å². The van der Waals surface area contributed by atoms with Gasteiger partial charge in [-0.2, -0.15) is 13.2 Å². The van der Waals surface area contributed by atoms with Crippen molar-refractivity contribution in [2.75, 3.05) is 0 Å². The third kappa shape index (κ3) is 3.05. The topological polar surface area (TPSA) is 46.2 Å². The molecule has 5 heteroatoms. The lowest BCUT2D eigenvalue weighted by molar-refractivity contribution is -0.260. The van der Waals surface area contributed by atoms with Gasteiger partial charge in [0.1, 0.15) is 0 Å². The van der Waals surface area contributed by atoms with Crippen LogP contribution in [0, 0.1) is 0 Å². The van der Waals surface area contributed by atoms with E-state index in [4.69, 9.17) is 5.73 Å². The van der Waals surface area contributed by atoms with Crippen LogP contribution in [0.5, 0.6) is 0 Å². The molecule has 0 aromatic heterocycles. The maximum Gasteiger partial charge on any atom is 0.430 e. The van der Waals surface area contributed by atoms with Crippen LogP contribution in [0.15, 0.2) is 42.5 Å². The van der Waals surface area contributed by atoms with Gasteiger partial charge < -0.3 is 5.11 Å². The molecule has 0 spiro atoms.